The Bertz CT molecular complexity index is 1150. The van der Waals surface area contributed by atoms with E-state index in [1.165, 1.54) is 18.4 Å². The minimum atomic E-state index is -0.230. The molecule has 0 aliphatic rings. The molecule has 4 aromatic rings. The van der Waals surface area contributed by atoms with E-state index in [4.69, 9.17) is 10.5 Å². The molecule has 0 aromatic carbocycles. The van der Waals surface area contributed by atoms with Crippen molar-refractivity contribution in [1.29, 1.82) is 0 Å². The lowest BCUT2D eigenvalue weighted by Gasteiger charge is -2.06. The second-order valence-corrected chi connectivity index (χ2v) is 6.92. The number of nitrogens with two attached hydrogens (primary N) is 1. The van der Waals surface area contributed by atoms with Crippen molar-refractivity contribution in [3.05, 3.63) is 53.3 Å². The zero-order valence-electron chi connectivity index (χ0n) is 15.5. The summed E-state index contributed by atoms with van der Waals surface area (Å²) >= 11 is 1.35. The summed E-state index contributed by atoms with van der Waals surface area (Å²) in [6.07, 6.45) is 5.60. The first-order valence-corrected chi connectivity index (χ1v) is 9.63. The van der Waals surface area contributed by atoms with Crippen molar-refractivity contribution < 1.29 is 9.53 Å². The second kappa shape index (κ2) is 8.15. The number of nitrogens with zero attached hydrogens (tertiary/aromatic N) is 5. The van der Waals surface area contributed by atoms with Crippen LogP contribution in [0.1, 0.15) is 15.9 Å². The van der Waals surface area contributed by atoms with Gasteiger partial charge in [-0.1, -0.05) is 6.07 Å². The number of nitrogens with one attached hydrogen (secondary N) is 1. The van der Waals surface area contributed by atoms with Crippen LogP contribution in [0.3, 0.4) is 0 Å². The van der Waals surface area contributed by atoms with Gasteiger partial charge in [-0.15, -0.1) is 11.3 Å². The number of fused-ring (bicyclic) bond motifs is 1. The molecule has 4 heterocycles. The Morgan fingerprint density at radius 1 is 1.21 bits per heavy atom. The molecule has 0 fully saturated rings. The lowest BCUT2D eigenvalue weighted by molar-refractivity contribution is 0.0956. The van der Waals surface area contributed by atoms with Crippen molar-refractivity contribution in [3.8, 4) is 17.5 Å². The molecular weight excluding hydrogens is 390 g/mol. The number of anilines is 1. The molecule has 9 nitrogen and oxygen atoms in total. The standard InChI is InChI=1S/C19H17N7O2S/c1-28-19-23-8-11(9-24-19)5-7-22-17(27)12-10-29-18-14(12)15(20)25-16(26-18)13-4-2-3-6-21-13/h2-4,6,8-10H,5,7H2,1H3,(H,22,27)(H2,20,25,26). The highest BCUT2D eigenvalue weighted by molar-refractivity contribution is 7.17. The summed E-state index contributed by atoms with van der Waals surface area (Å²) in [5, 5.41) is 5.18. The normalized spacial score (nSPS) is 10.8. The Labute approximate surface area is 170 Å². The molecule has 1 amide bonds. The number of carbonyl (C=O) groups is 1. The molecule has 146 valence electrons. The summed E-state index contributed by atoms with van der Waals surface area (Å²) in [7, 11) is 1.51. The fraction of sp³-hybridized carbons (Fsp3) is 0.158. The van der Waals surface area contributed by atoms with Gasteiger partial charge in [0.05, 0.1) is 18.1 Å². The van der Waals surface area contributed by atoms with Crippen LogP contribution in [0.4, 0.5) is 5.82 Å². The van der Waals surface area contributed by atoms with Crippen molar-refractivity contribution in [2.24, 2.45) is 0 Å². The van der Waals surface area contributed by atoms with E-state index in [0.717, 1.165) is 5.56 Å². The van der Waals surface area contributed by atoms with E-state index in [1.54, 1.807) is 24.0 Å². The maximum atomic E-state index is 12.6. The Kier molecular flexibility index (Phi) is 5.25. The molecule has 10 heteroatoms. The fourth-order valence-corrected chi connectivity index (χ4v) is 3.66. The van der Waals surface area contributed by atoms with Crippen LogP contribution in [0, 0.1) is 0 Å². The first-order valence-electron chi connectivity index (χ1n) is 8.75. The number of carbonyl (C=O) groups excluding carboxylic acids is 1. The van der Waals surface area contributed by atoms with Crippen LogP contribution >= 0.6 is 11.3 Å². The highest BCUT2D eigenvalue weighted by Gasteiger charge is 2.18. The summed E-state index contributed by atoms with van der Waals surface area (Å²) in [5.41, 5.74) is 8.12. The van der Waals surface area contributed by atoms with E-state index in [-0.39, 0.29) is 11.7 Å². The van der Waals surface area contributed by atoms with E-state index < -0.39 is 0 Å². The summed E-state index contributed by atoms with van der Waals surface area (Å²) in [5.74, 6) is 0.459. The van der Waals surface area contributed by atoms with Gasteiger partial charge in [-0.2, -0.15) is 0 Å². The fourth-order valence-electron chi connectivity index (χ4n) is 2.74. The number of methoxy groups -OCH3 is 1. The van der Waals surface area contributed by atoms with Crippen molar-refractivity contribution in [1.82, 2.24) is 30.2 Å². The van der Waals surface area contributed by atoms with E-state index in [2.05, 4.69) is 30.2 Å². The molecule has 0 atom stereocenters. The number of amides is 1. The van der Waals surface area contributed by atoms with Crippen molar-refractivity contribution >= 4 is 33.3 Å². The molecule has 4 rings (SSSR count). The van der Waals surface area contributed by atoms with Crippen LogP contribution < -0.4 is 15.8 Å². The maximum Gasteiger partial charge on any atom is 0.316 e. The average Bonchev–Trinajstić information content (AvgIpc) is 3.19. The largest absolute Gasteiger partial charge is 0.467 e. The number of ether oxygens (including phenoxy) is 1. The van der Waals surface area contributed by atoms with E-state index in [1.807, 2.05) is 18.2 Å². The van der Waals surface area contributed by atoms with Gasteiger partial charge in [-0.3, -0.25) is 9.78 Å². The van der Waals surface area contributed by atoms with Crippen molar-refractivity contribution in [3.63, 3.8) is 0 Å². The van der Waals surface area contributed by atoms with Gasteiger partial charge in [-0.05, 0) is 24.1 Å². The van der Waals surface area contributed by atoms with E-state index in [0.29, 0.717) is 46.3 Å². The number of pyridine rings is 1. The van der Waals surface area contributed by atoms with Crippen LogP contribution in [0.5, 0.6) is 6.01 Å². The molecule has 0 radical (unpaired) electrons. The van der Waals surface area contributed by atoms with Crippen molar-refractivity contribution in [2.75, 3.05) is 19.4 Å². The van der Waals surface area contributed by atoms with Gasteiger partial charge in [0.15, 0.2) is 5.82 Å². The molecule has 0 spiro atoms. The first kappa shape index (κ1) is 18.7. The summed E-state index contributed by atoms with van der Waals surface area (Å²) < 4.78 is 4.93. The zero-order valence-corrected chi connectivity index (χ0v) is 16.3. The molecule has 0 unspecified atom stereocenters. The number of thiophene rings is 1. The third kappa shape index (κ3) is 3.97. The second-order valence-electron chi connectivity index (χ2n) is 6.06. The number of hydrogen-bond acceptors (Lipinski definition) is 9. The minimum absolute atomic E-state index is 0.230. The topological polar surface area (TPSA) is 129 Å². The molecule has 4 aromatic heterocycles. The predicted molar refractivity (Wildman–Crippen MR) is 110 cm³/mol. The molecular formula is C19H17N7O2S. The quantitative estimate of drug-likeness (QED) is 0.497. The molecule has 0 bridgehead atoms. The summed E-state index contributed by atoms with van der Waals surface area (Å²) in [4.78, 5) is 34.5. The van der Waals surface area contributed by atoms with Crippen LogP contribution in [0.15, 0.2) is 42.2 Å². The minimum Gasteiger partial charge on any atom is -0.467 e. The SMILES string of the molecule is COc1ncc(CCNC(=O)c2csc3nc(-c4ccccn4)nc(N)c23)cn1. The number of hydrogen-bond donors (Lipinski definition) is 2. The average molecular weight is 407 g/mol. The lowest BCUT2D eigenvalue weighted by atomic mass is 10.2. The molecule has 3 N–H and O–H groups in total. The Morgan fingerprint density at radius 2 is 2.03 bits per heavy atom. The van der Waals surface area contributed by atoms with Gasteiger partial charge < -0.3 is 15.8 Å². The molecule has 0 saturated heterocycles. The predicted octanol–water partition coefficient (Wildman–Crippen LogP) is 2.11. The third-order valence-electron chi connectivity index (χ3n) is 4.16. The summed E-state index contributed by atoms with van der Waals surface area (Å²) in [6, 6.07) is 5.79. The van der Waals surface area contributed by atoms with Gasteiger partial charge in [0.2, 0.25) is 0 Å². The maximum absolute atomic E-state index is 12.6. The van der Waals surface area contributed by atoms with Crippen molar-refractivity contribution in [2.45, 2.75) is 6.42 Å². The lowest BCUT2D eigenvalue weighted by Crippen LogP contribution is -2.25. The van der Waals surface area contributed by atoms with Crippen LogP contribution in [0.2, 0.25) is 0 Å². The zero-order chi connectivity index (χ0) is 20.2. The van der Waals surface area contributed by atoms with Gasteiger partial charge in [0, 0.05) is 30.5 Å². The number of aromatic nitrogens is 5. The van der Waals surface area contributed by atoms with Gasteiger partial charge >= 0.3 is 6.01 Å². The molecule has 0 aliphatic carbocycles. The molecule has 0 aliphatic heterocycles. The number of nitrogen functional groups attached to an aromatic ring is 1. The van der Waals surface area contributed by atoms with Gasteiger partial charge in [0.25, 0.3) is 5.91 Å². The van der Waals surface area contributed by atoms with Gasteiger partial charge in [-0.25, -0.2) is 19.9 Å². The Morgan fingerprint density at radius 3 is 2.76 bits per heavy atom. The van der Waals surface area contributed by atoms with Crippen LogP contribution in [0.25, 0.3) is 21.7 Å². The van der Waals surface area contributed by atoms with Crippen LogP contribution in [-0.2, 0) is 6.42 Å². The molecule has 0 saturated carbocycles. The third-order valence-corrected chi connectivity index (χ3v) is 5.04. The monoisotopic (exact) mass is 407 g/mol. The molecule has 29 heavy (non-hydrogen) atoms. The van der Waals surface area contributed by atoms with Crippen LogP contribution in [-0.4, -0.2) is 44.5 Å². The van der Waals surface area contributed by atoms with E-state index >= 15 is 0 Å². The Hall–Kier alpha value is -3.66. The van der Waals surface area contributed by atoms with E-state index in [9.17, 15) is 4.79 Å². The Balaban J connectivity index is 1.49. The highest BCUT2D eigenvalue weighted by Crippen LogP contribution is 2.30. The number of rotatable bonds is 6. The smallest absolute Gasteiger partial charge is 0.316 e. The summed E-state index contributed by atoms with van der Waals surface area (Å²) in [6.45, 7) is 0.429. The van der Waals surface area contributed by atoms with Gasteiger partial charge in [0.1, 0.15) is 16.3 Å². The highest BCUT2D eigenvalue weighted by atomic mass is 32.1. The first-order chi connectivity index (χ1) is 14.2.